The van der Waals surface area contributed by atoms with E-state index < -0.39 is 0 Å². The number of halogens is 1. The van der Waals surface area contributed by atoms with Crippen molar-refractivity contribution in [3.8, 4) is 0 Å². The quantitative estimate of drug-likeness (QED) is 0.907. The topological polar surface area (TPSA) is 42.1 Å². The minimum Gasteiger partial charge on any atom is -0.384 e. The van der Waals surface area contributed by atoms with Gasteiger partial charge in [0, 0.05) is 18.6 Å². The van der Waals surface area contributed by atoms with Gasteiger partial charge in [-0.25, -0.2) is 4.98 Å². The van der Waals surface area contributed by atoms with Crippen LogP contribution >= 0.6 is 11.6 Å². The van der Waals surface area contributed by atoms with Crippen LogP contribution in [0.1, 0.15) is 5.56 Å². The van der Waals surface area contributed by atoms with Crippen LogP contribution in [0, 0.1) is 0 Å². The van der Waals surface area contributed by atoms with Gasteiger partial charge in [-0.2, -0.15) is 0 Å². The zero-order valence-electron chi connectivity index (χ0n) is 9.60. The molecule has 0 amide bonds. The Kier molecular flexibility index (Phi) is 3.49. The van der Waals surface area contributed by atoms with Crippen LogP contribution < -0.4 is 10.6 Å². The lowest BCUT2D eigenvalue weighted by molar-refractivity contribution is 0.899. The molecule has 0 fully saturated rings. The second-order valence-corrected chi connectivity index (χ2v) is 4.34. The maximum absolute atomic E-state index is 5.84. The molecule has 2 N–H and O–H groups in total. The van der Waals surface area contributed by atoms with E-state index in [0.717, 1.165) is 17.4 Å². The molecule has 0 saturated heterocycles. The number of anilines is 2. The van der Waals surface area contributed by atoms with Crippen molar-refractivity contribution in [2.75, 3.05) is 17.7 Å². The average Bonchev–Trinajstić information content (AvgIpc) is 2.32. The van der Waals surface area contributed by atoms with Gasteiger partial charge < -0.3 is 10.6 Å². The van der Waals surface area contributed by atoms with Gasteiger partial charge in [0.05, 0.1) is 0 Å². The van der Waals surface area contributed by atoms with E-state index in [9.17, 15) is 0 Å². The van der Waals surface area contributed by atoms with Crippen LogP contribution in [0.4, 0.5) is 11.6 Å². The molecule has 0 aliphatic carbocycles. The minimum atomic E-state index is 0.533. The Morgan fingerprint density at radius 1 is 1.18 bits per heavy atom. The Hall–Kier alpha value is -1.74. The van der Waals surface area contributed by atoms with Crippen LogP contribution in [-0.4, -0.2) is 12.0 Å². The number of nitrogens with zero attached hydrogens (tertiary/aromatic N) is 2. The van der Waals surface area contributed by atoms with Gasteiger partial charge in [0.25, 0.3) is 0 Å². The number of pyridine rings is 1. The van der Waals surface area contributed by atoms with Crippen LogP contribution in [-0.2, 0) is 6.54 Å². The van der Waals surface area contributed by atoms with E-state index in [-0.39, 0.29) is 0 Å². The first kappa shape index (κ1) is 11.7. The molecule has 0 spiro atoms. The summed E-state index contributed by atoms with van der Waals surface area (Å²) in [5.41, 5.74) is 6.84. The molecule has 1 heterocycles. The Morgan fingerprint density at radius 3 is 2.53 bits per heavy atom. The number of hydrogen-bond donors (Lipinski definition) is 1. The smallest absolute Gasteiger partial charge is 0.130 e. The molecule has 0 atom stereocenters. The minimum absolute atomic E-state index is 0.533. The molecule has 17 heavy (non-hydrogen) atoms. The van der Waals surface area contributed by atoms with Crippen molar-refractivity contribution in [2.24, 2.45) is 0 Å². The second kappa shape index (κ2) is 5.06. The van der Waals surface area contributed by atoms with Gasteiger partial charge in [-0.05, 0) is 29.8 Å². The van der Waals surface area contributed by atoms with E-state index in [2.05, 4.69) is 4.98 Å². The summed E-state index contributed by atoms with van der Waals surface area (Å²) in [6.07, 6.45) is 0. The monoisotopic (exact) mass is 247 g/mol. The number of rotatable bonds is 3. The zero-order chi connectivity index (χ0) is 12.3. The Labute approximate surface area is 106 Å². The molecule has 2 aromatic rings. The van der Waals surface area contributed by atoms with E-state index in [4.69, 9.17) is 17.3 Å². The highest BCUT2D eigenvalue weighted by atomic mass is 35.5. The molecule has 0 aliphatic rings. The number of hydrogen-bond acceptors (Lipinski definition) is 3. The zero-order valence-corrected chi connectivity index (χ0v) is 10.4. The highest BCUT2D eigenvalue weighted by molar-refractivity contribution is 6.30. The molecule has 0 saturated carbocycles. The van der Waals surface area contributed by atoms with Crippen molar-refractivity contribution in [1.82, 2.24) is 4.98 Å². The van der Waals surface area contributed by atoms with Crippen LogP contribution in [0.3, 0.4) is 0 Å². The number of benzene rings is 1. The molecule has 4 heteroatoms. The lowest BCUT2D eigenvalue weighted by atomic mass is 10.2. The lowest BCUT2D eigenvalue weighted by Gasteiger charge is -2.18. The first-order chi connectivity index (χ1) is 8.15. The van der Waals surface area contributed by atoms with E-state index >= 15 is 0 Å². The van der Waals surface area contributed by atoms with Crippen LogP contribution in [0.5, 0.6) is 0 Å². The predicted octanol–water partition coefficient (Wildman–Crippen LogP) is 2.95. The average molecular weight is 248 g/mol. The molecule has 3 nitrogen and oxygen atoms in total. The Morgan fingerprint density at radius 2 is 1.88 bits per heavy atom. The van der Waals surface area contributed by atoms with Crippen LogP contribution in [0.25, 0.3) is 0 Å². The first-order valence-electron chi connectivity index (χ1n) is 5.33. The largest absolute Gasteiger partial charge is 0.384 e. The van der Waals surface area contributed by atoms with Crippen molar-refractivity contribution < 1.29 is 0 Å². The van der Waals surface area contributed by atoms with E-state index in [1.165, 1.54) is 5.56 Å². The van der Waals surface area contributed by atoms with E-state index in [0.29, 0.717) is 5.82 Å². The third-order valence-electron chi connectivity index (χ3n) is 2.48. The summed E-state index contributed by atoms with van der Waals surface area (Å²) in [7, 11) is 1.98. The van der Waals surface area contributed by atoms with Crippen molar-refractivity contribution in [2.45, 2.75) is 6.54 Å². The summed E-state index contributed by atoms with van der Waals surface area (Å²) < 4.78 is 0. The standard InChI is InChI=1S/C13H14ClN3/c1-17(13-4-2-3-12(15)16-13)9-10-5-7-11(14)8-6-10/h2-8H,9H2,1H3,(H2,15,16). The highest BCUT2D eigenvalue weighted by Gasteiger charge is 2.03. The molecular formula is C13H14ClN3. The van der Waals surface area contributed by atoms with Crippen molar-refractivity contribution in [3.63, 3.8) is 0 Å². The third-order valence-corrected chi connectivity index (χ3v) is 2.73. The first-order valence-corrected chi connectivity index (χ1v) is 5.71. The lowest BCUT2D eigenvalue weighted by Crippen LogP contribution is -2.17. The summed E-state index contributed by atoms with van der Waals surface area (Å²) >= 11 is 5.84. The van der Waals surface area contributed by atoms with Crippen molar-refractivity contribution in [1.29, 1.82) is 0 Å². The fourth-order valence-corrected chi connectivity index (χ4v) is 1.72. The molecule has 0 aliphatic heterocycles. The maximum Gasteiger partial charge on any atom is 0.130 e. The highest BCUT2D eigenvalue weighted by Crippen LogP contribution is 2.15. The van der Waals surface area contributed by atoms with Gasteiger partial charge in [-0.1, -0.05) is 29.8 Å². The second-order valence-electron chi connectivity index (χ2n) is 3.90. The fourth-order valence-electron chi connectivity index (χ4n) is 1.60. The molecule has 0 bridgehead atoms. The summed E-state index contributed by atoms with van der Waals surface area (Å²) in [5, 5.41) is 0.749. The van der Waals surface area contributed by atoms with Crippen LogP contribution in [0.2, 0.25) is 5.02 Å². The van der Waals surface area contributed by atoms with Crippen molar-refractivity contribution >= 4 is 23.2 Å². The summed E-state index contributed by atoms with van der Waals surface area (Å²) in [6, 6.07) is 13.4. The van der Waals surface area contributed by atoms with Gasteiger partial charge in [-0.3, -0.25) is 0 Å². The molecule has 2 rings (SSSR count). The van der Waals surface area contributed by atoms with Gasteiger partial charge in [-0.15, -0.1) is 0 Å². The molecule has 0 radical (unpaired) electrons. The summed E-state index contributed by atoms with van der Waals surface area (Å²) in [6.45, 7) is 0.771. The third kappa shape index (κ3) is 3.11. The van der Waals surface area contributed by atoms with E-state index in [1.807, 2.05) is 48.3 Å². The summed E-state index contributed by atoms with van der Waals surface area (Å²) in [5.74, 6) is 1.39. The molecule has 1 aromatic heterocycles. The van der Waals surface area contributed by atoms with Gasteiger partial charge in [0.1, 0.15) is 11.6 Å². The van der Waals surface area contributed by atoms with Crippen molar-refractivity contribution in [3.05, 3.63) is 53.1 Å². The van der Waals surface area contributed by atoms with Gasteiger partial charge in [0.15, 0.2) is 0 Å². The Bertz CT molecular complexity index is 496. The SMILES string of the molecule is CN(Cc1ccc(Cl)cc1)c1cccc(N)n1. The molecule has 1 aromatic carbocycles. The fraction of sp³-hybridized carbons (Fsp3) is 0.154. The number of nitrogen functional groups attached to an aromatic ring is 1. The van der Waals surface area contributed by atoms with Gasteiger partial charge >= 0.3 is 0 Å². The normalized spacial score (nSPS) is 10.2. The van der Waals surface area contributed by atoms with Gasteiger partial charge in [0.2, 0.25) is 0 Å². The predicted molar refractivity (Wildman–Crippen MR) is 72.2 cm³/mol. The number of nitrogens with two attached hydrogens (primary N) is 1. The van der Waals surface area contributed by atoms with Crippen LogP contribution in [0.15, 0.2) is 42.5 Å². The molecule has 88 valence electrons. The number of aromatic nitrogens is 1. The maximum atomic E-state index is 5.84. The van der Waals surface area contributed by atoms with E-state index in [1.54, 1.807) is 6.07 Å². The Balaban J connectivity index is 2.11. The summed E-state index contributed by atoms with van der Waals surface area (Å²) in [4.78, 5) is 6.31. The molecule has 0 unspecified atom stereocenters. The molecular weight excluding hydrogens is 234 g/mol.